The van der Waals surface area contributed by atoms with Crippen LogP contribution in [0.5, 0.6) is 0 Å². The first-order valence-corrected chi connectivity index (χ1v) is 7.28. The van der Waals surface area contributed by atoms with Crippen LogP contribution in [0.1, 0.15) is 39.0 Å². The smallest absolute Gasteiger partial charge is 0.330 e. The van der Waals surface area contributed by atoms with Crippen molar-refractivity contribution in [2.75, 3.05) is 11.5 Å². The van der Waals surface area contributed by atoms with Crippen LogP contribution in [0.4, 0.5) is 0 Å². The Morgan fingerprint density at radius 1 is 1.24 bits per heavy atom. The van der Waals surface area contributed by atoms with Crippen LogP contribution in [-0.2, 0) is 9.59 Å². The van der Waals surface area contributed by atoms with Gasteiger partial charge in [-0.15, -0.1) is 0 Å². The van der Waals surface area contributed by atoms with Crippen molar-refractivity contribution in [2.24, 2.45) is 5.41 Å². The van der Waals surface area contributed by atoms with E-state index in [9.17, 15) is 14.7 Å². The van der Waals surface area contributed by atoms with Crippen molar-refractivity contribution in [1.29, 1.82) is 0 Å². The molecule has 0 bridgehead atoms. The molecule has 1 amide bonds. The van der Waals surface area contributed by atoms with Gasteiger partial charge in [0, 0.05) is 11.2 Å². The molecule has 0 radical (unpaired) electrons. The van der Waals surface area contributed by atoms with E-state index in [0.29, 0.717) is 12.2 Å². The van der Waals surface area contributed by atoms with Gasteiger partial charge >= 0.3 is 5.97 Å². The van der Waals surface area contributed by atoms with Crippen LogP contribution < -0.4 is 5.32 Å². The van der Waals surface area contributed by atoms with Gasteiger partial charge in [-0.05, 0) is 25.0 Å². The van der Waals surface area contributed by atoms with Gasteiger partial charge in [0.05, 0.1) is 0 Å². The first kappa shape index (κ1) is 12.7. The number of nitrogens with one attached hydrogen (secondary N) is 1. The predicted octanol–water partition coefficient (Wildman–Crippen LogP) is 1.64. The molecule has 0 aromatic carbocycles. The Hall–Kier alpha value is -0.710. The van der Waals surface area contributed by atoms with Crippen molar-refractivity contribution in [3.63, 3.8) is 0 Å². The van der Waals surface area contributed by atoms with Crippen LogP contribution in [-0.4, -0.2) is 34.0 Å². The van der Waals surface area contributed by atoms with E-state index in [1.54, 1.807) is 11.8 Å². The fourth-order valence-corrected chi connectivity index (χ4v) is 3.96. The van der Waals surface area contributed by atoms with E-state index in [0.717, 1.165) is 31.4 Å². The minimum absolute atomic E-state index is 0.0695. The largest absolute Gasteiger partial charge is 0.479 e. The lowest BCUT2D eigenvalue weighted by atomic mass is 9.86. The summed E-state index contributed by atoms with van der Waals surface area (Å²) in [7, 11) is 0. The predicted molar refractivity (Wildman–Crippen MR) is 67.0 cm³/mol. The monoisotopic (exact) mass is 257 g/mol. The van der Waals surface area contributed by atoms with E-state index in [1.165, 1.54) is 0 Å². The molecule has 0 aromatic rings. The van der Waals surface area contributed by atoms with E-state index in [4.69, 9.17) is 0 Å². The van der Waals surface area contributed by atoms with Gasteiger partial charge < -0.3 is 10.4 Å². The van der Waals surface area contributed by atoms with Crippen molar-refractivity contribution >= 4 is 23.6 Å². The number of hydrogen-bond acceptors (Lipinski definition) is 3. The summed E-state index contributed by atoms with van der Waals surface area (Å²) in [4.78, 5) is 23.6. The normalized spacial score (nSPS) is 31.4. The Kier molecular flexibility index (Phi) is 3.39. The van der Waals surface area contributed by atoms with Crippen LogP contribution in [0.3, 0.4) is 0 Å². The van der Waals surface area contributed by atoms with Crippen LogP contribution in [0.15, 0.2) is 0 Å². The molecular weight excluding hydrogens is 238 g/mol. The molecule has 1 unspecified atom stereocenters. The van der Waals surface area contributed by atoms with E-state index >= 15 is 0 Å². The molecule has 2 rings (SSSR count). The van der Waals surface area contributed by atoms with E-state index in [-0.39, 0.29) is 11.3 Å². The van der Waals surface area contributed by atoms with Gasteiger partial charge in [-0.1, -0.05) is 19.8 Å². The molecule has 1 aliphatic carbocycles. The van der Waals surface area contributed by atoms with Gasteiger partial charge in [-0.3, -0.25) is 4.79 Å². The average molecular weight is 257 g/mol. The lowest BCUT2D eigenvalue weighted by Crippen LogP contribution is -2.57. The standard InChI is InChI=1S/C12H19NO3S/c1-11(4-2-3-5-11)9(14)13-12(10(15)16)6-7-17-8-12/h2-8H2,1H3,(H,13,14)(H,15,16). The Morgan fingerprint density at radius 3 is 2.35 bits per heavy atom. The second-order valence-electron chi connectivity index (χ2n) is 5.41. The second-order valence-corrected chi connectivity index (χ2v) is 6.52. The maximum absolute atomic E-state index is 12.2. The fraction of sp³-hybridized carbons (Fsp3) is 0.833. The number of carboxylic acids is 1. The number of thioether (sulfide) groups is 1. The van der Waals surface area contributed by atoms with Crippen LogP contribution in [0.25, 0.3) is 0 Å². The van der Waals surface area contributed by atoms with Gasteiger partial charge in [0.1, 0.15) is 5.54 Å². The number of rotatable bonds is 3. The molecule has 1 saturated heterocycles. The maximum atomic E-state index is 12.2. The fourth-order valence-electron chi connectivity index (χ4n) is 2.64. The zero-order chi connectivity index (χ0) is 12.5. The maximum Gasteiger partial charge on any atom is 0.330 e. The highest BCUT2D eigenvalue weighted by molar-refractivity contribution is 7.99. The summed E-state index contributed by atoms with van der Waals surface area (Å²) in [5, 5.41) is 12.1. The van der Waals surface area contributed by atoms with Crippen LogP contribution in [0.2, 0.25) is 0 Å². The van der Waals surface area contributed by atoms with Gasteiger partial charge in [0.2, 0.25) is 5.91 Å². The highest BCUT2D eigenvalue weighted by Crippen LogP contribution is 2.39. The summed E-state index contributed by atoms with van der Waals surface area (Å²) in [5.74, 6) is 0.338. The SMILES string of the molecule is CC1(C(=O)NC2(C(=O)O)CCSC2)CCCC1. The summed E-state index contributed by atoms with van der Waals surface area (Å²) >= 11 is 1.60. The molecule has 4 nitrogen and oxygen atoms in total. The van der Waals surface area contributed by atoms with Crippen molar-refractivity contribution in [3.8, 4) is 0 Å². The van der Waals surface area contributed by atoms with Gasteiger partial charge in [0.15, 0.2) is 0 Å². The van der Waals surface area contributed by atoms with E-state index in [1.807, 2.05) is 6.92 Å². The third-order valence-corrected chi connectivity index (χ3v) is 5.23. The highest BCUT2D eigenvalue weighted by Gasteiger charge is 2.47. The number of carbonyl (C=O) groups excluding carboxylic acids is 1. The number of aliphatic carboxylic acids is 1. The molecule has 1 heterocycles. The zero-order valence-electron chi connectivity index (χ0n) is 10.1. The molecule has 1 atom stereocenters. The third kappa shape index (κ3) is 2.30. The molecule has 0 spiro atoms. The molecule has 2 N–H and O–H groups in total. The minimum atomic E-state index is -1.02. The lowest BCUT2D eigenvalue weighted by Gasteiger charge is -2.30. The van der Waals surface area contributed by atoms with Gasteiger partial charge in [0.25, 0.3) is 0 Å². The molecular formula is C12H19NO3S. The van der Waals surface area contributed by atoms with Crippen molar-refractivity contribution in [2.45, 2.75) is 44.6 Å². The average Bonchev–Trinajstić information content (AvgIpc) is 2.88. The summed E-state index contributed by atoms with van der Waals surface area (Å²) in [5.41, 5.74) is -1.37. The number of hydrogen-bond donors (Lipinski definition) is 2. The second kappa shape index (κ2) is 4.52. The first-order chi connectivity index (χ1) is 7.99. The summed E-state index contributed by atoms with van der Waals surface area (Å²) in [6, 6.07) is 0. The number of carbonyl (C=O) groups is 2. The molecule has 1 saturated carbocycles. The quantitative estimate of drug-likeness (QED) is 0.806. The summed E-state index contributed by atoms with van der Waals surface area (Å²) < 4.78 is 0. The molecule has 2 aliphatic rings. The first-order valence-electron chi connectivity index (χ1n) is 6.12. The molecule has 96 valence electrons. The van der Waals surface area contributed by atoms with Crippen molar-refractivity contribution in [3.05, 3.63) is 0 Å². The minimum Gasteiger partial charge on any atom is -0.479 e. The Balaban J connectivity index is 2.08. The Morgan fingerprint density at radius 2 is 1.88 bits per heavy atom. The van der Waals surface area contributed by atoms with Gasteiger partial charge in [-0.2, -0.15) is 11.8 Å². The summed E-state index contributed by atoms with van der Waals surface area (Å²) in [6.45, 7) is 1.95. The molecule has 2 fully saturated rings. The lowest BCUT2D eigenvalue weighted by molar-refractivity contribution is -0.148. The van der Waals surface area contributed by atoms with E-state index in [2.05, 4.69) is 5.32 Å². The number of amides is 1. The number of carboxylic acid groups (broad SMARTS) is 1. The molecule has 17 heavy (non-hydrogen) atoms. The Bertz CT molecular complexity index is 331. The van der Waals surface area contributed by atoms with Crippen molar-refractivity contribution < 1.29 is 14.7 Å². The third-order valence-electron chi connectivity index (χ3n) is 4.04. The highest BCUT2D eigenvalue weighted by atomic mass is 32.2. The van der Waals surface area contributed by atoms with E-state index < -0.39 is 11.5 Å². The van der Waals surface area contributed by atoms with Crippen LogP contribution in [0, 0.1) is 5.41 Å². The van der Waals surface area contributed by atoms with Crippen LogP contribution >= 0.6 is 11.8 Å². The molecule has 5 heteroatoms. The van der Waals surface area contributed by atoms with Crippen molar-refractivity contribution in [1.82, 2.24) is 5.32 Å². The summed E-state index contributed by atoms with van der Waals surface area (Å²) in [6.07, 6.45) is 4.43. The zero-order valence-corrected chi connectivity index (χ0v) is 10.9. The molecule has 1 aliphatic heterocycles. The Labute approximate surface area is 106 Å². The van der Waals surface area contributed by atoms with Gasteiger partial charge in [-0.25, -0.2) is 4.79 Å². The topological polar surface area (TPSA) is 66.4 Å². The molecule has 0 aromatic heterocycles.